The van der Waals surface area contributed by atoms with Crippen molar-refractivity contribution in [2.45, 2.75) is 104 Å². The number of hydrogen-bond donors (Lipinski definition) is 2. The third-order valence-electron chi connectivity index (χ3n) is 10.9. The molecule has 4 aliphatic carbocycles. The molecule has 0 amide bonds. The van der Waals surface area contributed by atoms with Gasteiger partial charge in [0.2, 0.25) is 0 Å². The van der Waals surface area contributed by atoms with Gasteiger partial charge in [-0.05, 0) is 85.4 Å². The number of esters is 1. The maximum absolute atomic E-state index is 12.7. The summed E-state index contributed by atoms with van der Waals surface area (Å²) in [6.45, 7) is 6.93. The Morgan fingerprint density at radius 1 is 0.971 bits per heavy atom. The molecule has 0 saturated heterocycles. The fourth-order valence-corrected chi connectivity index (χ4v) is 9.07. The van der Waals surface area contributed by atoms with Gasteiger partial charge in [-0.2, -0.15) is 0 Å². The van der Waals surface area contributed by atoms with Gasteiger partial charge in [0.25, 0.3) is 0 Å². The van der Waals surface area contributed by atoms with Crippen LogP contribution in [0.2, 0.25) is 0 Å². The quantitative estimate of drug-likeness (QED) is 0.454. The van der Waals surface area contributed by atoms with Gasteiger partial charge in [0, 0.05) is 25.2 Å². The number of carbonyl (C=O) groups excluding carboxylic acids is 2. The van der Waals surface area contributed by atoms with Crippen LogP contribution in [0.25, 0.3) is 0 Å². The van der Waals surface area contributed by atoms with Crippen LogP contribution in [0.1, 0.15) is 97.8 Å². The second kappa shape index (κ2) is 9.85. The number of fused-ring (bicyclic) bond motifs is 5. The first kappa shape index (κ1) is 26.2. The number of hydrogen-bond acceptors (Lipinski definition) is 5. The molecule has 0 aromatic heterocycles. The molecule has 0 aromatic carbocycles. The molecule has 2 N–H and O–H groups in total. The summed E-state index contributed by atoms with van der Waals surface area (Å²) in [4.78, 5) is 47.2. The lowest BCUT2D eigenvalue weighted by Gasteiger charge is -2.62. The molecule has 1 unspecified atom stereocenters. The van der Waals surface area contributed by atoms with E-state index in [2.05, 4.69) is 20.8 Å². The van der Waals surface area contributed by atoms with Crippen molar-refractivity contribution >= 4 is 23.7 Å². The molecule has 7 heteroatoms. The highest BCUT2D eigenvalue weighted by atomic mass is 16.5. The molecular weight excluding hydrogens is 448 g/mol. The number of carboxylic acid groups (broad SMARTS) is 2. The fourth-order valence-electron chi connectivity index (χ4n) is 9.07. The predicted octanol–water partition coefficient (Wildman–Crippen LogP) is 5.10. The van der Waals surface area contributed by atoms with Crippen molar-refractivity contribution in [2.75, 3.05) is 0 Å². The van der Waals surface area contributed by atoms with Gasteiger partial charge in [-0.3, -0.25) is 19.2 Å². The van der Waals surface area contributed by atoms with Gasteiger partial charge in [0.15, 0.2) is 0 Å². The molecule has 0 aromatic rings. The summed E-state index contributed by atoms with van der Waals surface area (Å²) in [6, 6.07) is 0. The van der Waals surface area contributed by atoms with E-state index in [0.717, 1.165) is 32.1 Å². The van der Waals surface area contributed by atoms with Gasteiger partial charge in [0.1, 0.15) is 11.9 Å². The molecule has 196 valence electrons. The molecule has 0 aliphatic heterocycles. The third kappa shape index (κ3) is 4.89. The molecule has 7 nitrogen and oxygen atoms in total. The van der Waals surface area contributed by atoms with Crippen LogP contribution in [0.3, 0.4) is 0 Å². The van der Waals surface area contributed by atoms with E-state index in [1.807, 2.05) is 0 Å². The molecule has 4 saturated carbocycles. The second-order valence-electron chi connectivity index (χ2n) is 12.5. The smallest absolute Gasteiger partial charge is 0.306 e. The Morgan fingerprint density at radius 2 is 1.66 bits per heavy atom. The van der Waals surface area contributed by atoms with Crippen LogP contribution in [0.5, 0.6) is 0 Å². The maximum atomic E-state index is 12.7. The maximum Gasteiger partial charge on any atom is 0.306 e. The van der Waals surface area contributed by atoms with E-state index in [1.165, 1.54) is 0 Å². The number of ketones is 1. The Kier molecular flexibility index (Phi) is 7.36. The minimum atomic E-state index is -1.01. The van der Waals surface area contributed by atoms with E-state index in [4.69, 9.17) is 9.84 Å². The average molecular weight is 491 g/mol. The molecule has 4 fully saturated rings. The van der Waals surface area contributed by atoms with Crippen molar-refractivity contribution in [2.24, 2.45) is 46.3 Å². The van der Waals surface area contributed by atoms with Gasteiger partial charge in [0.05, 0.1) is 12.8 Å². The highest BCUT2D eigenvalue weighted by Crippen LogP contribution is 2.68. The molecular formula is C28H42O7. The summed E-state index contributed by atoms with van der Waals surface area (Å²) >= 11 is 0. The summed E-state index contributed by atoms with van der Waals surface area (Å²) in [6.07, 6.45) is 7.30. The molecule has 9 atom stereocenters. The summed E-state index contributed by atoms with van der Waals surface area (Å²) in [5.41, 5.74) is 0.148. The van der Waals surface area contributed by atoms with Gasteiger partial charge >= 0.3 is 17.9 Å². The number of carboxylic acids is 2. The summed E-state index contributed by atoms with van der Waals surface area (Å²) in [5, 5.41) is 18.2. The monoisotopic (exact) mass is 490 g/mol. The van der Waals surface area contributed by atoms with E-state index >= 15 is 0 Å². The molecule has 4 rings (SSSR count). The van der Waals surface area contributed by atoms with Gasteiger partial charge in [-0.1, -0.05) is 20.8 Å². The normalized spacial score (nSPS) is 41.3. The largest absolute Gasteiger partial charge is 0.481 e. The average Bonchev–Trinajstić information content (AvgIpc) is 3.14. The predicted molar refractivity (Wildman–Crippen MR) is 128 cm³/mol. The van der Waals surface area contributed by atoms with Gasteiger partial charge in [-0.25, -0.2) is 0 Å². The molecule has 0 spiro atoms. The van der Waals surface area contributed by atoms with E-state index in [1.54, 1.807) is 0 Å². The van der Waals surface area contributed by atoms with Gasteiger partial charge in [-0.15, -0.1) is 0 Å². The minimum Gasteiger partial charge on any atom is -0.481 e. The zero-order chi connectivity index (χ0) is 25.5. The molecule has 0 heterocycles. The number of aliphatic carboxylic acids is 2. The first-order valence-electron chi connectivity index (χ1n) is 13.6. The van der Waals surface area contributed by atoms with Crippen LogP contribution in [-0.2, 0) is 23.9 Å². The van der Waals surface area contributed by atoms with Crippen molar-refractivity contribution in [1.82, 2.24) is 0 Å². The topological polar surface area (TPSA) is 118 Å². The molecule has 35 heavy (non-hydrogen) atoms. The Hall–Kier alpha value is -1.92. The zero-order valence-electron chi connectivity index (χ0n) is 21.5. The van der Waals surface area contributed by atoms with Crippen LogP contribution >= 0.6 is 0 Å². The summed E-state index contributed by atoms with van der Waals surface area (Å²) in [7, 11) is 0. The van der Waals surface area contributed by atoms with Crippen LogP contribution in [0.4, 0.5) is 0 Å². The molecule has 4 aliphatic rings. The molecule has 0 radical (unpaired) electrons. The Balaban J connectivity index is 1.60. The number of Topliss-reactive ketones (excluding diaryl/α,β-unsaturated/α-hetero) is 1. The van der Waals surface area contributed by atoms with Crippen molar-refractivity contribution < 1.29 is 34.1 Å². The highest BCUT2D eigenvalue weighted by Gasteiger charge is 2.63. The van der Waals surface area contributed by atoms with E-state index < -0.39 is 17.9 Å². The summed E-state index contributed by atoms with van der Waals surface area (Å²) < 4.78 is 6.08. The highest BCUT2D eigenvalue weighted by molar-refractivity contribution is 5.80. The second-order valence-corrected chi connectivity index (χ2v) is 12.5. The van der Waals surface area contributed by atoms with Crippen LogP contribution in [0.15, 0.2) is 0 Å². The van der Waals surface area contributed by atoms with Crippen LogP contribution in [-0.4, -0.2) is 40.0 Å². The lowest BCUT2D eigenvalue weighted by atomic mass is 9.43. The number of carbonyl (C=O) groups is 4. The van der Waals surface area contributed by atoms with E-state index in [-0.39, 0.29) is 48.0 Å². The van der Waals surface area contributed by atoms with Crippen molar-refractivity contribution in [1.29, 1.82) is 0 Å². The van der Waals surface area contributed by atoms with Crippen molar-refractivity contribution in [3.05, 3.63) is 0 Å². The first-order chi connectivity index (χ1) is 16.5. The Labute approximate surface area is 208 Å². The minimum absolute atomic E-state index is 0.0664. The first-order valence-corrected chi connectivity index (χ1v) is 13.6. The SMILES string of the molecule is C[C@H](CCC(=O)O)[C@H]1CC[C@H]2[C@@H]3[C@H](OC(=O)CCC(=O)O)CC4CC(=O)CC[C@]4(C)[C@H]3CC[C@]12C. The Bertz CT molecular complexity index is 867. The van der Waals surface area contributed by atoms with Crippen LogP contribution in [0, 0.1) is 46.3 Å². The standard InChI is InChI=1S/C28H42O7/c1-16(4-7-23(30)31)19-5-6-20-26-21(11-13-28(19,20)3)27(2)12-10-18(29)14-17(27)15-22(26)35-25(34)9-8-24(32)33/h16-17,19-22,26H,4-15H2,1-3H3,(H,30,31)(H,32,33)/t16-,17?,19-,20+,21+,22-,26+,27+,28-/m1/s1. The third-order valence-corrected chi connectivity index (χ3v) is 10.9. The van der Waals surface area contributed by atoms with E-state index in [0.29, 0.717) is 55.1 Å². The number of rotatable bonds is 8. The van der Waals surface area contributed by atoms with Gasteiger partial charge < -0.3 is 14.9 Å². The number of ether oxygens (including phenoxy) is 1. The molecule has 0 bridgehead atoms. The lowest BCUT2D eigenvalue weighted by molar-refractivity contribution is -0.191. The van der Waals surface area contributed by atoms with Crippen molar-refractivity contribution in [3.63, 3.8) is 0 Å². The zero-order valence-corrected chi connectivity index (χ0v) is 21.5. The summed E-state index contributed by atoms with van der Waals surface area (Å²) in [5.74, 6) is 0.0908. The lowest BCUT2D eigenvalue weighted by Crippen LogP contribution is -2.59. The van der Waals surface area contributed by atoms with E-state index in [9.17, 15) is 24.3 Å². The van der Waals surface area contributed by atoms with Crippen molar-refractivity contribution in [3.8, 4) is 0 Å². The van der Waals surface area contributed by atoms with Crippen LogP contribution < -0.4 is 0 Å². The Morgan fingerprint density at radius 3 is 2.34 bits per heavy atom. The fraction of sp³-hybridized carbons (Fsp3) is 0.857.